The minimum absolute atomic E-state index is 0.00702. The maximum absolute atomic E-state index is 13.3. The summed E-state index contributed by atoms with van der Waals surface area (Å²) in [6, 6.07) is 4.59. The Morgan fingerprint density at radius 1 is 1.25 bits per heavy atom. The van der Waals surface area contributed by atoms with Crippen molar-refractivity contribution in [1.82, 2.24) is 0 Å². The van der Waals surface area contributed by atoms with Crippen LogP contribution in [-0.4, -0.2) is 18.3 Å². The van der Waals surface area contributed by atoms with Crippen molar-refractivity contribution in [3.05, 3.63) is 29.6 Å². The summed E-state index contributed by atoms with van der Waals surface area (Å²) in [4.78, 5) is 0. The van der Waals surface area contributed by atoms with Crippen LogP contribution in [-0.2, 0) is 0 Å². The predicted molar refractivity (Wildman–Crippen MR) is 62.2 cm³/mol. The molecule has 1 N–H and O–H groups in total. The first-order chi connectivity index (χ1) is 7.52. The van der Waals surface area contributed by atoms with Crippen LogP contribution in [0.1, 0.15) is 32.3 Å². The molecule has 0 amide bonds. The molecule has 0 aliphatic heterocycles. The van der Waals surface area contributed by atoms with E-state index in [1.54, 1.807) is 6.07 Å². The van der Waals surface area contributed by atoms with Crippen LogP contribution < -0.4 is 4.74 Å². The van der Waals surface area contributed by atoms with Crippen LogP contribution in [0.15, 0.2) is 18.2 Å². The highest BCUT2D eigenvalue weighted by Crippen LogP contribution is 2.22. The number of halogens is 1. The number of hydrogen-bond donors (Lipinski definition) is 1. The highest BCUT2D eigenvalue weighted by Gasteiger charge is 2.08. The second-order valence-corrected chi connectivity index (χ2v) is 4.51. The Morgan fingerprint density at radius 2 is 1.94 bits per heavy atom. The van der Waals surface area contributed by atoms with Gasteiger partial charge in [0, 0.05) is 18.6 Å². The summed E-state index contributed by atoms with van der Waals surface area (Å²) in [5, 5.41) is 9.02. The molecule has 1 atom stereocenters. The van der Waals surface area contributed by atoms with Crippen molar-refractivity contribution >= 4 is 0 Å². The molecule has 0 heterocycles. The van der Waals surface area contributed by atoms with E-state index >= 15 is 0 Å². The van der Waals surface area contributed by atoms with Crippen LogP contribution in [0, 0.1) is 11.7 Å². The molecule has 16 heavy (non-hydrogen) atoms. The minimum Gasteiger partial charge on any atom is -0.493 e. The summed E-state index contributed by atoms with van der Waals surface area (Å²) < 4.78 is 18.7. The summed E-state index contributed by atoms with van der Waals surface area (Å²) in [5.74, 6) is 0.541. The van der Waals surface area contributed by atoms with Crippen LogP contribution in [0.5, 0.6) is 5.75 Å². The first-order valence-electron chi connectivity index (χ1n) is 5.57. The zero-order valence-corrected chi connectivity index (χ0v) is 10.0. The Balaban J connectivity index is 2.81. The maximum Gasteiger partial charge on any atom is 0.127 e. The molecule has 0 radical (unpaired) electrons. The van der Waals surface area contributed by atoms with E-state index in [1.807, 2.05) is 20.8 Å². The van der Waals surface area contributed by atoms with Crippen molar-refractivity contribution in [1.29, 1.82) is 0 Å². The molecule has 0 aliphatic carbocycles. The Kier molecular flexibility index (Phi) is 4.74. The standard InChI is InChI=1S/C13H19FO2/c1-9(2)8-16-13-5-11(10(3)7-15)4-12(14)6-13/h4-6,9-10,15H,7-8H2,1-3H3. The molecule has 0 saturated carbocycles. The van der Waals surface area contributed by atoms with Crippen molar-refractivity contribution in [3.63, 3.8) is 0 Å². The van der Waals surface area contributed by atoms with Gasteiger partial charge in [0.2, 0.25) is 0 Å². The van der Waals surface area contributed by atoms with E-state index in [9.17, 15) is 4.39 Å². The molecule has 0 bridgehead atoms. The van der Waals surface area contributed by atoms with Gasteiger partial charge in [-0.2, -0.15) is 0 Å². The molecule has 0 spiro atoms. The molecule has 0 aliphatic rings. The predicted octanol–water partition coefficient (Wildman–Crippen LogP) is 2.96. The smallest absolute Gasteiger partial charge is 0.127 e. The third-order valence-corrected chi connectivity index (χ3v) is 2.32. The molecular formula is C13H19FO2. The molecule has 1 rings (SSSR count). The molecule has 0 fully saturated rings. The van der Waals surface area contributed by atoms with Crippen LogP contribution in [0.25, 0.3) is 0 Å². The summed E-state index contributed by atoms with van der Waals surface area (Å²) in [7, 11) is 0. The lowest BCUT2D eigenvalue weighted by Crippen LogP contribution is -2.06. The van der Waals surface area contributed by atoms with Crippen molar-refractivity contribution in [2.24, 2.45) is 5.92 Å². The van der Waals surface area contributed by atoms with E-state index in [-0.39, 0.29) is 18.3 Å². The first-order valence-corrected chi connectivity index (χ1v) is 5.57. The Hall–Kier alpha value is -1.09. The molecule has 2 nitrogen and oxygen atoms in total. The zero-order chi connectivity index (χ0) is 12.1. The zero-order valence-electron chi connectivity index (χ0n) is 10.0. The number of rotatable bonds is 5. The van der Waals surface area contributed by atoms with E-state index in [4.69, 9.17) is 9.84 Å². The molecular weight excluding hydrogens is 207 g/mol. The summed E-state index contributed by atoms with van der Waals surface area (Å²) in [6.45, 7) is 6.50. The number of benzene rings is 1. The number of aliphatic hydroxyl groups is 1. The van der Waals surface area contributed by atoms with Crippen molar-refractivity contribution in [3.8, 4) is 5.75 Å². The maximum atomic E-state index is 13.3. The lowest BCUT2D eigenvalue weighted by Gasteiger charge is -2.13. The van der Waals surface area contributed by atoms with Gasteiger partial charge in [0.1, 0.15) is 11.6 Å². The van der Waals surface area contributed by atoms with E-state index in [0.717, 1.165) is 5.56 Å². The molecule has 0 aromatic heterocycles. The van der Waals surface area contributed by atoms with Crippen LogP contribution in [0.3, 0.4) is 0 Å². The Bertz CT molecular complexity index is 337. The van der Waals surface area contributed by atoms with E-state index in [2.05, 4.69) is 0 Å². The van der Waals surface area contributed by atoms with Gasteiger partial charge in [0.05, 0.1) is 6.61 Å². The minimum atomic E-state index is -0.323. The topological polar surface area (TPSA) is 29.5 Å². The highest BCUT2D eigenvalue weighted by molar-refractivity contribution is 5.31. The lowest BCUT2D eigenvalue weighted by atomic mass is 10.0. The van der Waals surface area contributed by atoms with Gasteiger partial charge in [0.25, 0.3) is 0 Å². The molecule has 1 unspecified atom stereocenters. The molecule has 1 aromatic carbocycles. The average Bonchev–Trinajstić information content (AvgIpc) is 2.24. The summed E-state index contributed by atoms with van der Waals surface area (Å²) >= 11 is 0. The molecule has 90 valence electrons. The van der Waals surface area contributed by atoms with Crippen molar-refractivity contribution in [2.75, 3.05) is 13.2 Å². The van der Waals surface area contributed by atoms with Gasteiger partial charge in [-0.25, -0.2) is 4.39 Å². The van der Waals surface area contributed by atoms with Gasteiger partial charge in [0.15, 0.2) is 0 Å². The lowest BCUT2D eigenvalue weighted by molar-refractivity contribution is 0.264. The third-order valence-electron chi connectivity index (χ3n) is 2.32. The molecule has 3 heteroatoms. The average molecular weight is 226 g/mol. The Morgan fingerprint density at radius 3 is 2.50 bits per heavy atom. The highest BCUT2D eigenvalue weighted by atomic mass is 19.1. The Labute approximate surface area is 96.1 Å². The second kappa shape index (κ2) is 5.85. The first kappa shape index (κ1) is 13.0. The van der Waals surface area contributed by atoms with Crippen LogP contribution in [0.4, 0.5) is 4.39 Å². The number of ether oxygens (including phenoxy) is 1. The van der Waals surface area contributed by atoms with E-state index < -0.39 is 0 Å². The van der Waals surface area contributed by atoms with Crippen LogP contribution in [0.2, 0.25) is 0 Å². The van der Waals surface area contributed by atoms with Gasteiger partial charge in [-0.15, -0.1) is 0 Å². The van der Waals surface area contributed by atoms with Gasteiger partial charge in [-0.3, -0.25) is 0 Å². The SMILES string of the molecule is CC(C)COc1cc(F)cc(C(C)CO)c1. The number of aliphatic hydroxyl groups excluding tert-OH is 1. The van der Waals surface area contributed by atoms with E-state index in [0.29, 0.717) is 18.3 Å². The van der Waals surface area contributed by atoms with Gasteiger partial charge in [-0.1, -0.05) is 20.8 Å². The van der Waals surface area contributed by atoms with E-state index in [1.165, 1.54) is 12.1 Å². The van der Waals surface area contributed by atoms with Crippen LogP contribution >= 0.6 is 0 Å². The third kappa shape index (κ3) is 3.81. The molecule has 0 saturated heterocycles. The van der Waals surface area contributed by atoms with Gasteiger partial charge < -0.3 is 9.84 Å². The van der Waals surface area contributed by atoms with Gasteiger partial charge in [-0.05, 0) is 23.6 Å². The number of hydrogen-bond acceptors (Lipinski definition) is 2. The van der Waals surface area contributed by atoms with Gasteiger partial charge >= 0.3 is 0 Å². The monoisotopic (exact) mass is 226 g/mol. The fourth-order valence-corrected chi connectivity index (χ4v) is 1.32. The molecule has 1 aromatic rings. The largest absolute Gasteiger partial charge is 0.493 e. The summed E-state index contributed by atoms with van der Waals surface area (Å²) in [5.41, 5.74) is 0.765. The summed E-state index contributed by atoms with van der Waals surface area (Å²) in [6.07, 6.45) is 0. The fourth-order valence-electron chi connectivity index (χ4n) is 1.32. The normalized spacial score (nSPS) is 12.9. The van der Waals surface area contributed by atoms with Crippen molar-refractivity contribution < 1.29 is 14.2 Å². The quantitative estimate of drug-likeness (QED) is 0.836. The van der Waals surface area contributed by atoms with Crippen molar-refractivity contribution in [2.45, 2.75) is 26.7 Å². The fraction of sp³-hybridized carbons (Fsp3) is 0.538. The second-order valence-electron chi connectivity index (χ2n) is 4.51.